The van der Waals surface area contributed by atoms with E-state index in [2.05, 4.69) is 62.3 Å². The first-order chi connectivity index (χ1) is 31.2. The number of fused-ring (bicyclic) bond motifs is 6. The summed E-state index contributed by atoms with van der Waals surface area (Å²) in [5.74, 6) is -2.63. The third-order valence-corrected chi connectivity index (χ3v) is 17.1. The Kier molecular flexibility index (Phi) is 10.6. The van der Waals surface area contributed by atoms with Gasteiger partial charge >= 0.3 is 17.9 Å². The number of aromatic amines is 1. The van der Waals surface area contributed by atoms with E-state index in [1.54, 1.807) is 13.3 Å². The Morgan fingerprint density at radius 2 is 1.77 bits per heavy atom. The maximum absolute atomic E-state index is 15.6. The number of nitrogens with zero attached hydrogens (tertiary/aromatic N) is 4. The fourth-order valence-electron chi connectivity index (χ4n) is 14.7. The zero-order chi connectivity index (χ0) is 45.8. The monoisotopic (exact) mass is 889 g/mol. The van der Waals surface area contributed by atoms with Crippen molar-refractivity contribution in [3.8, 4) is 11.1 Å². The fraction of sp³-hybridized carbons (Fsp3) is 0.569. The highest BCUT2D eigenvalue weighted by atomic mass is 16.6. The molecule has 10 rings (SSSR count). The third-order valence-electron chi connectivity index (χ3n) is 17.1. The molecule has 0 amide bonds. The predicted octanol–water partition coefficient (Wildman–Crippen LogP) is 4.70. The Bertz CT molecular complexity index is 2520. The van der Waals surface area contributed by atoms with Gasteiger partial charge in [0, 0.05) is 110 Å². The van der Waals surface area contributed by atoms with E-state index in [4.69, 9.17) is 18.9 Å². The first-order valence-electron chi connectivity index (χ1n) is 23.4. The highest BCUT2D eigenvalue weighted by molar-refractivity contribution is 5.93. The number of allylic oxidation sites excluding steroid dienone is 1. The van der Waals surface area contributed by atoms with Gasteiger partial charge in [0.1, 0.15) is 5.41 Å². The second-order valence-electron chi connectivity index (χ2n) is 20.0. The molecule has 5 aliphatic heterocycles. The van der Waals surface area contributed by atoms with Crippen molar-refractivity contribution in [3.63, 3.8) is 0 Å². The first kappa shape index (κ1) is 44.0. The summed E-state index contributed by atoms with van der Waals surface area (Å²) in [7, 11) is 6.26. The van der Waals surface area contributed by atoms with Crippen LogP contribution < -0.4 is 0 Å². The van der Waals surface area contributed by atoms with Crippen LogP contribution in [-0.4, -0.2) is 149 Å². The normalized spacial score (nSPS) is 38.2. The van der Waals surface area contributed by atoms with E-state index in [1.807, 2.05) is 44.1 Å². The molecule has 14 heteroatoms. The van der Waals surface area contributed by atoms with E-state index >= 15 is 4.79 Å². The molecule has 3 saturated heterocycles. The number of carbonyl (C=O) groups excluding carboxylic acids is 3. The Labute approximate surface area is 380 Å². The van der Waals surface area contributed by atoms with Crippen LogP contribution >= 0.6 is 0 Å². The van der Waals surface area contributed by atoms with Gasteiger partial charge in [-0.3, -0.25) is 24.4 Å². The molecule has 3 unspecified atom stereocenters. The summed E-state index contributed by atoms with van der Waals surface area (Å²) in [6, 6.07) is 9.10. The first-order valence-corrected chi connectivity index (χ1v) is 23.4. The van der Waals surface area contributed by atoms with Gasteiger partial charge in [0.15, 0.2) is 6.10 Å². The van der Waals surface area contributed by atoms with Crippen LogP contribution in [0.1, 0.15) is 64.1 Å². The maximum Gasteiger partial charge on any atom is 0.344 e. The van der Waals surface area contributed by atoms with Gasteiger partial charge in [-0.1, -0.05) is 44.2 Å². The van der Waals surface area contributed by atoms with Gasteiger partial charge in [-0.25, -0.2) is 4.79 Å². The van der Waals surface area contributed by atoms with Crippen molar-refractivity contribution in [1.29, 1.82) is 0 Å². The lowest BCUT2D eigenvalue weighted by Crippen LogP contribution is -2.79. The number of benzene rings is 1. The highest BCUT2D eigenvalue weighted by Gasteiger charge is 2.81. The van der Waals surface area contributed by atoms with E-state index in [-0.39, 0.29) is 12.0 Å². The molecule has 12 atom stereocenters. The Morgan fingerprint density at radius 1 is 0.969 bits per heavy atom. The molecule has 2 aliphatic carbocycles. The van der Waals surface area contributed by atoms with Gasteiger partial charge in [0.05, 0.1) is 32.0 Å². The summed E-state index contributed by atoms with van der Waals surface area (Å²) in [6.45, 7) is 8.61. The molecular formula is C51H63N5O9. The summed E-state index contributed by atoms with van der Waals surface area (Å²) in [6.07, 6.45) is 13.2. The smallest absolute Gasteiger partial charge is 0.344 e. The van der Waals surface area contributed by atoms with Gasteiger partial charge in [0.2, 0.25) is 5.60 Å². The van der Waals surface area contributed by atoms with Crippen LogP contribution in [0.15, 0.2) is 78.3 Å². The van der Waals surface area contributed by atoms with E-state index in [9.17, 15) is 19.8 Å². The minimum atomic E-state index is -2.30. The van der Waals surface area contributed by atoms with Crippen LogP contribution in [0.4, 0.5) is 0 Å². The van der Waals surface area contributed by atoms with Crippen LogP contribution in [0.3, 0.4) is 0 Å². The SMILES string of the molecule is CC[C@]1(O)C[C@H]2CN(CCc3c([nH]c4ccc(-c5cccnc5)cc34)[C@@](C(=O)OC)(C3C=C4C(=CC3OC)N(C)[C@H]3[C@@](O)(C(=O)OC)[C@H](OC(C)=O)[C@]5(CC)C=CCN6CC[C@]43[C@@H]65)C2)C1. The lowest BCUT2D eigenvalue weighted by Gasteiger charge is -2.63. The van der Waals surface area contributed by atoms with Gasteiger partial charge in [-0.15, -0.1) is 0 Å². The number of nitrogens with one attached hydrogen (secondary N) is 1. The van der Waals surface area contributed by atoms with E-state index in [0.717, 1.165) is 44.6 Å². The van der Waals surface area contributed by atoms with Crippen molar-refractivity contribution in [2.24, 2.45) is 22.7 Å². The van der Waals surface area contributed by atoms with E-state index < -0.39 is 69.5 Å². The quantitative estimate of drug-likeness (QED) is 0.162. The standard InChI is InChI=1S/C51H63N5O9/c1-8-47(60)25-31-26-50(45(58)63-6,41-34(15-20-55(28-31)29-47)35-22-32(13-14-38(35)53-41)33-12-10-18-52-27-33)37-23-36-39(24-40(37)62-5)54(4)43-49(36)17-21-56-19-11-16-48(9-2,42(49)56)44(65-30(3)57)51(43,61)46(59)64-7/h10-14,16,18,22-24,27,31,37,40,42-44,53,60-61H,8-9,15,17,19-21,25-26,28-29H2,1-7H3/t31-,37?,40?,42+,43-,44-,47+,48-,49-,50+,51+/m1/s1. The topological polar surface area (TPSA) is 167 Å². The number of esters is 3. The maximum atomic E-state index is 15.6. The second-order valence-corrected chi connectivity index (χ2v) is 20.0. The van der Waals surface area contributed by atoms with Crippen molar-refractivity contribution in [1.82, 2.24) is 24.7 Å². The molecule has 2 bridgehead atoms. The molecule has 1 saturated carbocycles. The minimum Gasteiger partial charge on any atom is -0.468 e. The number of hydrogen-bond donors (Lipinski definition) is 3. The molecule has 65 heavy (non-hydrogen) atoms. The number of methoxy groups -OCH3 is 3. The number of ether oxygens (including phenoxy) is 4. The molecule has 14 nitrogen and oxygen atoms in total. The van der Waals surface area contributed by atoms with Crippen LogP contribution in [0, 0.1) is 22.7 Å². The minimum absolute atomic E-state index is 0.101. The summed E-state index contributed by atoms with van der Waals surface area (Å²) < 4.78 is 24.3. The van der Waals surface area contributed by atoms with Gasteiger partial charge < -0.3 is 39.0 Å². The highest BCUT2D eigenvalue weighted by Crippen LogP contribution is 2.70. The Morgan fingerprint density at radius 3 is 2.46 bits per heavy atom. The van der Waals surface area contributed by atoms with Crippen molar-refractivity contribution in [2.75, 3.05) is 61.1 Å². The third kappa shape index (κ3) is 6.02. The number of aromatic nitrogens is 2. The number of aliphatic hydroxyl groups is 2. The average molecular weight is 890 g/mol. The molecule has 7 aliphatic rings. The molecule has 4 fully saturated rings. The number of likely N-dealkylation sites (tertiary alicyclic amines) is 1. The molecule has 3 aromatic rings. The van der Waals surface area contributed by atoms with Crippen molar-refractivity contribution < 1.29 is 43.5 Å². The molecule has 1 spiro atoms. The van der Waals surface area contributed by atoms with Gasteiger partial charge in [0.25, 0.3) is 0 Å². The predicted molar refractivity (Wildman–Crippen MR) is 242 cm³/mol. The van der Waals surface area contributed by atoms with Crippen molar-refractivity contribution >= 4 is 28.8 Å². The largest absolute Gasteiger partial charge is 0.468 e. The van der Waals surface area contributed by atoms with Crippen LogP contribution in [0.2, 0.25) is 0 Å². The number of piperidine rings is 1. The Balaban J connectivity index is 1.25. The van der Waals surface area contributed by atoms with E-state index in [1.165, 1.54) is 21.1 Å². The number of likely N-dealkylation sites (N-methyl/N-ethyl adjacent to an activating group) is 1. The van der Waals surface area contributed by atoms with E-state index in [0.29, 0.717) is 71.2 Å². The van der Waals surface area contributed by atoms with Gasteiger partial charge in [-0.2, -0.15) is 0 Å². The molecule has 0 radical (unpaired) electrons. The molecule has 3 N–H and O–H groups in total. The lowest BCUT2D eigenvalue weighted by atomic mass is 9.47. The summed E-state index contributed by atoms with van der Waals surface area (Å²) in [5.41, 5.74) is -0.125. The number of hydrogen-bond acceptors (Lipinski definition) is 13. The summed E-state index contributed by atoms with van der Waals surface area (Å²) in [5, 5.41) is 26.6. The number of pyridine rings is 1. The molecule has 346 valence electrons. The Hall–Kier alpha value is -4.86. The molecule has 7 heterocycles. The van der Waals surface area contributed by atoms with Crippen LogP contribution in [0.5, 0.6) is 0 Å². The number of carbonyl (C=O) groups is 3. The fourth-order valence-corrected chi connectivity index (χ4v) is 14.7. The number of rotatable bonds is 8. The average Bonchev–Trinajstić information content (AvgIpc) is 3.97. The van der Waals surface area contributed by atoms with Gasteiger partial charge in [-0.05, 0) is 92.0 Å². The number of H-pyrrole nitrogens is 1. The zero-order valence-corrected chi connectivity index (χ0v) is 38.6. The van der Waals surface area contributed by atoms with Crippen molar-refractivity contribution in [2.45, 2.75) is 100 Å². The summed E-state index contributed by atoms with van der Waals surface area (Å²) >= 11 is 0. The lowest BCUT2D eigenvalue weighted by molar-refractivity contribution is -0.243. The molecular weight excluding hydrogens is 827 g/mol. The molecule has 1 aromatic carbocycles. The van der Waals surface area contributed by atoms with Crippen LogP contribution in [0.25, 0.3) is 22.0 Å². The van der Waals surface area contributed by atoms with Crippen molar-refractivity contribution in [3.05, 3.63) is 89.6 Å². The summed E-state index contributed by atoms with van der Waals surface area (Å²) in [4.78, 5) is 58.3. The van der Waals surface area contributed by atoms with Crippen LogP contribution in [-0.2, 0) is 45.2 Å². The zero-order valence-electron chi connectivity index (χ0n) is 38.6. The molecule has 2 aromatic heterocycles. The second kappa shape index (κ2) is 15.6.